The molecule has 0 N–H and O–H groups in total. The Morgan fingerprint density at radius 3 is 1.41 bits per heavy atom. The van der Waals surface area contributed by atoms with Gasteiger partial charge in [0.05, 0.1) is 0 Å². The van der Waals surface area contributed by atoms with E-state index in [-0.39, 0.29) is 46.3 Å². The topological polar surface area (TPSA) is 73.8 Å². The monoisotopic (exact) mass is 772 g/mol. The molecular weight excluding hydrogens is 726 g/mol. The number of ether oxygens (including phenoxy) is 4. The highest BCUT2D eigenvalue weighted by Crippen LogP contribution is 2.63. The van der Waals surface area contributed by atoms with Gasteiger partial charge in [-0.25, -0.2) is 19.6 Å². The first-order valence-electron chi connectivity index (χ1n) is 18.2. The normalized spacial score (nSPS) is 46.2. The van der Waals surface area contributed by atoms with Crippen LogP contribution in [0.25, 0.3) is 0 Å². The molecule has 0 radical (unpaired) electrons. The van der Waals surface area contributed by atoms with Gasteiger partial charge in [-0.15, -0.1) is 0 Å². The second-order valence-electron chi connectivity index (χ2n) is 16.1. The molecule has 2 saturated carbocycles. The van der Waals surface area contributed by atoms with Crippen molar-refractivity contribution in [3.63, 3.8) is 0 Å². The molecule has 16 heteroatoms. The highest BCUT2D eigenvalue weighted by Gasteiger charge is 2.71. The minimum atomic E-state index is -4.71. The summed E-state index contributed by atoms with van der Waals surface area (Å²) in [6, 6.07) is 0. The van der Waals surface area contributed by atoms with E-state index in [1.54, 1.807) is 13.8 Å². The van der Waals surface area contributed by atoms with Crippen molar-refractivity contribution in [1.82, 2.24) is 0 Å². The first-order chi connectivity index (χ1) is 24.0. The molecule has 0 aromatic heterocycles. The number of hydrogen-bond donors (Lipinski definition) is 0. The molecule has 2 spiro atoms. The van der Waals surface area contributed by atoms with Crippen LogP contribution in [0, 0.1) is 35.5 Å². The average Bonchev–Trinajstić information content (AvgIpc) is 3.43. The predicted octanol–water partition coefficient (Wildman–Crippen LogP) is 8.97. The lowest BCUT2D eigenvalue weighted by Crippen LogP contribution is -2.67. The summed E-state index contributed by atoms with van der Waals surface area (Å²) in [7, 11) is 0. The number of fused-ring (bicyclic) bond motifs is 4. The standard InChI is InChI=1S/C35H46F6O8S2/c1-18-6-8-24-20(26(34(36,37)38)42-28-32(24)22(18)10-12-30(3,44-28)46-48-32)16-50-14-5-15-51-17-21-25-9-7-19(2)23-11-13-31(4)45-29(33(23,25)49-47-31)43-27(21)35(39,40)41/h18-19,22-25,28-29H,5-17H2,1-4H3/t18-,19-,22?,23?,24+,25+,28-,29-,30-,31+,32-,33-/m1/s1. The van der Waals surface area contributed by atoms with Crippen LogP contribution in [0.1, 0.15) is 85.5 Å². The fraction of sp³-hybridized carbons (Fsp3) is 0.886. The van der Waals surface area contributed by atoms with Crippen molar-refractivity contribution < 1.29 is 64.8 Å². The zero-order valence-corrected chi connectivity index (χ0v) is 30.8. The Morgan fingerprint density at radius 2 is 1.02 bits per heavy atom. The lowest BCUT2D eigenvalue weighted by atomic mass is 9.59. The third-order valence-electron chi connectivity index (χ3n) is 12.9. The number of rotatable bonds is 8. The van der Waals surface area contributed by atoms with Crippen LogP contribution in [-0.4, -0.2) is 70.7 Å². The Morgan fingerprint density at radius 1 is 0.608 bits per heavy atom. The molecule has 12 atom stereocenters. The molecule has 2 aliphatic carbocycles. The van der Waals surface area contributed by atoms with E-state index >= 15 is 0 Å². The molecule has 10 rings (SSSR count). The summed E-state index contributed by atoms with van der Waals surface area (Å²) in [5.41, 5.74) is -2.00. The summed E-state index contributed by atoms with van der Waals surface area (Å²) >= 11 is 2.73. The van der Waals surface area contributed by atoms with Crippen LogP contribution in [0.5, 0.6) is 0 Å². The van der Waals surface area contributed by atoms with Crippen molar-refractivity contribution in [2.24, 2.45) is 35.5 Å². The number of hydrogen-bond acceptors (Lipinski definition) is 10. The number of alkyl halides is 6. The van der Waals surface area contributed by atoms with Gasteiger partial charge < -0.3 is 18.9 Å². The van der Waals surface area contributed by atoms with Crippen LogP contribution < -0.4 is 0 Å². The summed E-state index contributed by atoms with van der Waals surface area (Å²) in [6.07, 6.45) is -6.43. The van der Waals surface area contributed by atoms with Crippen LogP contribution in [0.2, 0.25) is 0 Å². The number of allylic oxidation sites excluding steroid dienone is 2. The first kappa shape index (κ1) is 37.1. The predicted molar refractivity (Wildman–Crippen MR) is 173 cm³/mol. The maximum absolute atomic E-state index is 14.5. The van der Waals surface area contributed by atoms with Gasteiger partial charge in [0, 0.05) is 48.0 Å². The smallest absolute Gasteiger partial charge is 0.449 e. The average molecular weight is 773 g/mol. The summed E-state index contributed by atoms with van der Waals surface area (Å²) in [5.74, 6) is -4.14. The van der Waals surface area contributed by atoms with E-state index in [0.717, 1.165) is 12.8 Å². The molecule has 0 aromatic rings. The number of thioether (sulfide) groups is 2. The molecule has 10 aliphatic rings. The van der Waals surface area contributed by atoms with Gasteiger partial charge in [0.15, 0.2) is 11.2 Å². The summed E-state index contributed by atoms with van der Waals surface area (Å²) < 4.78 is 111. The molecule has 8 aliphatic heterocycles. The highest BCUT2D eigenvalue weighted by molar-refractivity contribution is 8.00. The molecule has 0 aromatic carbocycles. The third-order valence-corrected chi connectivity index (χ3v) is 15.1. The Labute approximate surface area is 302 Å². The summed E-state index contributed by atoms with van der Waals surface area (Å²) in [6.45, 7) is 7.53. The Bertz CT molecular complexity index is 1340. The summed E-state index contributed by atoms with van der Waals surface area (Å²) in [5, 5.41) is 0. The van der Waals surface area contributed by atoms with Gasteiger partial charge in [0.2, 0.25) is 35.7 Å². The van der Waals surface area contributed by atoms with E-state index in [2.05, 4.69) is 13.8 Å². The van der Waals surface area contributed by atoms with E-state index < -0.39 is 71.1 Å². The maximum Gasteiger partial charge on any atom is 0.449 e. The first-order valence-corrected chi connectivity index (χ1v) is 20.5. The zero-order chi connectivity index (χ0) is 36.2. The van der Waals surface area contributed by atoms with Crippen molar-refractivity contribution in [3.8, 4) is 0 Å². The van der Waals surface area contributed by atoms with Crippen LogP contribution in [-0.2, 0) is 38.5 Å². The Hall–Kier alpha value is -0.880. The van der Waals surface area contributed by atoms with Gasteiger partial charge in [-0.1, -0.05) is 13.8 Å². The van der Waals surface area contributed by atoms with Crippen LogP contribution >= 0.6 is 23.5 Å². The van der Waals surface area contributed by atoms with E-state index in [0.29, 0.717) is 56.5 Å². The quantitative estimate of drug-likeness (QED) is 0.136. The van der Waals surface area contributed by atoms with Gasteiger partial charge in [-0.2, -0.15) is 49.9 Å². The fourth-order valence-electron chi connectivity index (χ4n) is 10.4. The van der Waals surface area contributed by atoms with Crippen LogP contribution in [0.15, 0.2) is 22.7 Å². The van der Waals surface area contributed by atoms with Crippen LogP contribution in [0.3, 0.4) is 0 Å². The molecule has 0 amide bonds. The molecule has 4 bridgehead atoms. The van der Waals surface area contributed by atoms with Crippen molar-refractivity contribution in [2.45, 2.75) is 133 Å². The minimum absolute atomic E-state index is 0.0827. The van der Waals surface area contributed by atoms with Crippen molar-refractivity contribution in [1.29, 1.82) is 0 Å². The van der Waals surface area contributed by atoms with Gasteiger partial charge >= 0.3 is 12.4 Å². The molecule has 2 unspecified atom stereocenters. The van der Waals surface area contributed by atoms with E-state index in [4.69, 9.17) is 38.5 Å². The number of halogens is 6. The Balaban J connectivity index is 0.946. The highest BCUT2D eigenvalue weighted by atomic mass is 32.2. The second-order valence-corrected chi connectivity index (χ2v) is 18.3. The van der Waals surface area contributed by atoms with Gasteiger partial charge in [0.1, 0.15) is 0 Å². The van der Waals surface area contributed by atoms with Gasteiger partial charge in [-0.05, 0) is 93.3 Å². The second kappa shape index (κ2) is 12.8. The van der Waals surface area contributed by atoms with Crippen molar-refractivity contribution in [3.05, 3.63) is 22.7 Å². The maximum atomic E-state index is 14.5. The van der Waals surface area contributed by atoms with Crippen molar-refractivity contribution >= 4 is 23.5 Å². The van der Waals surface area contributed by atoms with E-state index in [9.17, 15) is 26.3 Å². The summed E-state index contributed by atoms with van der Waals surface area (Å²) in [4.78, 5) is 23.6. The molecule has 8 heterocycles. The molecule has 51 heavy (non-hydrogen) atoms. The lowest BCUT2D eigenvalue weighted by molar-refractivity contribution is -0.557. The van der Waals surface area contributed by atoms with Gasteiger partial charge in [0.25, 0.3) is 0 Å². The minimum Gasteiger partial charge on any atom is -0.456 e. The molecular formula is C35H46F6O8S2. The third kappa shape index (κ3) is 5.97. The SMILES string of the molecule is C[C@@H]1CC[C@H]2C(CSCCCSCC3=C(C(F)(F)F)O[C@@H]4O[C@]5(C)CCC6[C@H](C)CC[C@@H]3[C@]64OO5)=C(C(F)(F)F)O[C@@H]3O[C@@]4(C)CCC1[C@]32OO4. The van der Waals surface area contributed by atoms with E-state index in [1.165, 1.54) is 23.5 Å². The molecule has 8 fully saturated rings. The fourth-order valence-corrected chi connectivity index (χ4v) is 12.7. The molecule has 6 saturated heterocycles. The van der Waals surface area contributed by atoms with Crippen LogP contribution in [0.4, 0.5) is 26.3 Å². The van der Waals surface area contributed by atoms with E-state index in [1.807, 2.05) is 0 Å². The molecule has 288 valence electrons. The zero-order valence-electron chi connectivity index (χ0n) is 29.2. The molecule has 8 nitrogen and oxygen atoms in total. The largest absolute Gasteiger partial charge is 0.456 e. The Kier molecular flexibility index (Phi) is 9.33. The van der Waals surface area contributed by atoms with Crippen molar-refractivity contribution in [2.75, 3.05) is 23.0 Å². The lowest BCUT2D eigenvalue weighted by Gasteiger charge is -2.57. The van der Waals surface area contributed by atoms with Gasteiger partial charge in [-0.3, -0.25) is 0 Å².